The van der Waals surface area contributed by atoms with Gasteiger partial charge in [0.1, 0.15) is 16.5 Å². The molecule has 0 saturated carbocycles. The molecule has 7 heteroatoms. The van der Waals surface area contributed by atoms with Crippen LogP contribution >= 0.6 is 11.6 Å². The Kier molecular flexibility index (Phi) is 7.29. The number of hydrazone groups is 1. The highest BCUT2D eigenvalue weighted by atomic mass is 35.5. The molecule has 6 nitrogen and oxygen atoms in total. The Bertz CT molecular complexity index is 713. The fourth-order valence-electron chi connectivity index (χ4n) is 2.01. The quantitative estimate of drug-likeness (QED) is 0.410. The summed E-state index contributed by atoms with van der Waals surface area (Å²) in [4.78, 5) is 11.3. The van der Waals surface area contributed by atoms with E-state index in [9.17, 15) is 4.79 Å². The molecule has 0 aliphatic heterocycles. The van der Waals surface area contributed by atoms with Crippen LogP contribution in [0.15, 0.2) is 40.4 Å². The molecule has 0 spiro atoms. The lowest BCUT2D eigenvalue weighted by Crippen LogP contribution is -2.10. The first-order valence-corrected chi connectivity index (χ1v) is 8.33. The number of anilines is 1. The van der Waals surface area contributed by atoms with Crippen LogP contribution in [-0.2, 0) is 0 Å². The van der Waals surface area contributed by atoms with Gasteiger partial charge in [-0.25, -0.2) is 5.10 Å². The summed E-state index contributed by atoms with van der Waals surface area (Å²) in [6, 6.07) is 7.63. The number of H-pyrrole nitrogens is 1. The molecule has 1 heterocycles. The van der Waals surface area contributed by atoms with Crippen LogP contribution in [0.5, 0.6) is 5.75 Å². The average Bonchev–Trinajstić information content (AvgIpc) is 2.60. The Morgan fingerprint density at radius 1 is 1.29 bits per heavy atom. The van der Waals surface area contributed by atoms with Crippen LogP contribution in [0.1, 0.15) is 38.2 Å². The van der Waals surface area contributed by atoms with Crippen molar-refractivity contribution in [1.82, 2.24) is 10.2 Å². The zero-order chi connectivity index (χ0) is 17.2. The van der Waals surface area contributed by atoms with Gasteiger partial charge in [0, 0.05) is 0 Å². The normalized spacial score (nSPS) is 10.9. The Balaban J connectivity index is 1.82. The molecule has 0 saturated heterocycles. The van der Waals surface area contributed by atoms with Crippen molar-refractivity contribution in [1.29, 1.82) is 0 Å². The number of benzene rings is 1. The van der Waals surface area contributed by atoms with E-state index in [1.807, 2.05) is 24.3 Å². The van der Waals surface area contributed by atoms with Crippen molar-refractivity contribution in [3.8, 4) is 5.75 Å². The van der Waals surface area contributed by atoms with Crippen molar-refractivity contribution < 1.29 is 4.74 Å². The van der Waals surface area contributed by atoms with Gasteiger partial charge in [-0.2, -0.15) is 10.2 Å². The molecule has 0 bridgehead atoms. The zero-order valence-corrected chi connectivity index (χ0v) is 14.3. The molecule has 0 radical (unpaired) electrons. The van der Waals surface area contributed by atoms with Crippen LogP contribution < -0.4 is 15.7 Å². The van der Waals surface area contributed by atoms with Gasteiger partial charge in [0.05, 0.1) is 19.0 Å². The molecule has 2 N–H and O–H groups in total. The van der Waals surface area contributed by atoms with E-state index < -0.39 is 5.56 Å². The molecule has 0 aliphatic carbocycles. The fourth-order valence-corrected chi connectivity index (χ4v) is 2.14. The van der Waals surface area contributed by atoms with Gasteiger partial charge < -0.3 is 4.74 Å². The van der Waals surface area contributed by atoms with E-state index in [1.54, 1.807) is 6.21 Å². The maximum Gasteiger partial charge on any atom is 0.285 e. The summed E-state index contributed by atoms with van der Waals surface area (Å²) in [5.74, 6) is 0.846. The first-order chi connectivity index (χ1) is 11.7. The Morgan fingerprint density at radius 2 is 2.08 bits per heavy atom. The number of nitrogens with one attached hydrogen (secondary N) is 2. The SMILES string of the molecule is CCCCCCOc1ccc(/C=N/Nc2cn[nH]c(=O)c2Cl)cc1. The number of halogens is 1. The van der Waals surface area contributed by atoms with E-state index in [1.165, 1.54) is 25.5 Å². The van der Waals surface area contributed by atoms with Crippen LogP contribution in [0.25, 0.3) is 0 Å². The third-order valence-corrected chi connectivity index (χ3v) is 3.72. The van der Waals surface area contributed by atoms with Gasteiger partial charge in [-0.05, 0) is 36.2 Å². The van der Waals surface area contributed by atoms with Crippen LogP contribution in [0.4, 0.5) is 5.69 Å². The molecule has 0 unspecified atom stereocenters. The molecule has 2 rings (SSSR count). The molecular weight excluding hydrogens is 328 g/mol. The summed E-state index contributed by atoms with van der Waals surface area (Å²) in [7, 11) is 0. The Labute approximate surface area is 145 Å². The molecule has 0 atom stereocenters. The lowest BCUT2D eigenvalue weighted by Gasteiger charge is -2.06. The topological polar surface area (TPSA) is 79.4 Å². The first kappa shape index (κ1) is 18.0. The second-order valence-electron chi connectivity index (χ2n) is 5.27. The standard InChI is InChI=1S/C17H21ClN4O2/c1-2-3-4-5-10-24-14-8-6-13(7-9-14)11-19-21-15-12-20-22-17(23)16(15)18/h6-9,11-12H,2-5,10H2,1H3,(H2,21,22,23)/b19-11+. The van der Waals surface area contributed by atoms with E-state index >= 15 is 0 Å². The number of unbranched alkanes of at least 4 members (excludes halogenated alkanes) is 3. The Hall–Kier alpha value is -2.34. The minimum Gasteiger partial charge on any atom is -0.494 e. The largest absolute Gasteiger partial charge is 0.494 e. The number of ether oxygens (including phenoxy) is 1. The van der Waals surface area contributed by atoms with Crippen LogP contribution in [0, 0.1) is 0 Å². The van der Waals surface area contributed by atoms with Gasteiger partial charge in [0.2, 0.25) is 0 Å². The minimum absolute atomic E-state index is 0.0222. The summed E-state index contributed by atoms with van der Waals surface area (Å²) >= 11 is 5.84. The van der Waals surface area contributed by atoms with E-state index in [0.717, 1.165) is 24.3 Å². The highest BCUT2D eigenvalue weighted by Crippen LogP contribution is 2.15. The van der Waals surface area contributed by atoms with Gasteiger partial charge in [0.25, 0.3) is 5.56 Å². The number of aromatic amines is 1. The van der Waals surface area contributed by atoms with E-state index in [-0.39, 0.29) is 5.02 Å². The Morgan fingerprint density at radius 3 is 2.83 bits per heavy atom. The summed E-state index contributed by atoms with van der Waals surface area (Å²) in [5, 5.41) is 9.96. The molecule has 24 heavy (non-hydrogen) atoms. The van der Waals surface area contributed by atoms with Gasteiger partial charge in [0.15, 0.2) is 0 Å². The molecule has 1 aromatic heterocycles. The molecule has 0 amide bonds. The van der Waals surface area contributed by atoms with Crippen LogP contribution in [-0.4, -0.2) is 23.0 Å². The van der Waals surface area contributed by atoms with Crippen LogP contribution in [0.2, 0.25) is 5.02 Å². The van der Waals surface area contributed by atoms with Crippen molar-refractivity contribution in [2.45, 2.75) is 32.6 Å². The number of rotatable bonds is 9. The zero-order valence-electron chi connectivity index (χ0n) is 13.6. The maximum absolute atomic E-state index is 11.3. The highest BCUT2D eigenvalue weighted by Gasteiger charge is 2.02. The predicted molar refractivity (Wildman–Crippen MR) is 97.2 cm³/mol. The van der Waals surface area contributed by atoms with Crippen molar-refractivity contribution in [2.75, 3.05) is 12.0 Å². The van der Waals surface area contributed by atoms with E-state index in [4.69, 9.17) is 16.3 Å². The predicted octanol–water partition coefficient (Wildman–Crippen LogP) is 3.83. The smallest absolute Gasteiger partial charge is 0.285 e. The van der Waals surface area contributed by atoms with Gasteiger partial charge in [-0.1, -0.05) is 37.8 Å². The second-order valence-corrected chi connectivity index (χ2v) is 5.65. The van der Waals surface area contributed by atoms with E-state index in [2.05, 4.69) is 27.6 Å². The monoisotopic (exact) mass is 348 g/mol. The third kappa shape index (κ3) is 5.70. The van der Waals surface area contributed by atoms with Crippen molar-refractivity contribution in [2.24, 2.45) is 5.10 Å². The molecule has 0 aliphatic rings. The van der Waals surface area contributed by atoms with Crippen molar-refractivity contribution >= 4 is 23.5 Å². The summed E-state index contributed by atoms with van der Waals surface area (Å²) in [5.41, 5.74) is 3.48. The molecule has 0 fully saturated rings. The van der Waals surface area contributed by atoms with Gasteiger partial charge >= 0.3 is 0 Å². The molecule has 128 valence electrons. The van der Waals surface area contributed by atoms with Gasteiger partial charge in [-0.15, -0.1) is 0 Å². The number of nitrogens with zero attached hydrogens (tertiary/aromatic N) is 2. The first-order valence-electron chi connectivity index (χ1n) is 7.96. The summed E-state index contributed by atoms with van der Waals surface area (Å²) < 4.78 is 5.69. The highest BCUT2D eigenvalue weighted by molar-refractivity contribution is 6.32. The number of hydrogen-bond donors (Lipinski definition) is 2. The molecule has 2 aromatic rings. The lowest BCUT2D eigenvalue weighted by atomic mass is 10.2. The minimum atomic E-state index is -0.461. The van der Waals surface area contributed by atoms with Crippen LogP contribution in [0.3, 0.4) is 0 Å². The number of aromatic nitrogens is 2. The molecule has 1 aromatic carbocycles. The van der Waals surface area contributed by atoms with Crippen molar-refractivity contribution in [3.63, 3.8) is 0 Å². The van der Waals surface area contributed by atoms with E-state index in [0.29, 0.717) is 5.69 Å². The maximum atomic E-state index is 11.3. The molecular formula is C17H21ClN4O2. The fraction of sp³-hybridized carbons (Fsp3) is 0.353. The second kappa shape index (κ2) is 9.72. The number of hydrogen-bond acceptors (Lipinski definition) is 5. The van der Waals surface area contributed by atoms with Gasteiger partial charge in [-0.3, -0.25) is 10.2 Å². The third-order valence-electron chi connectivity index (χ3n) is 3.34. The summed E-state index contributed by atoms with van der Waals surface area (Å²) in [6.07, 6.45) is 7.77. The van der Waals surface area contributed by atoms with Crippen molar-refractivity contribution in [3.05, 3.63) is 51.4 Å². The average molecular weight is 349 g/mol. The summed E-state index contributed by atoms with van der Waals surface area (Å²) in [6.45, 7) is 2.93. The lowest BCUT2D eigenvalue weighted by molar-refractivity contribution is 0.305.